The number of hydrogen-bond acceptors (Lipinski definition) is 8. The summed E-state index contributed by atoms with van der Waals surface area (Å²) in [5, 5.41) is 2.92. The highest BCUT2D eigenvalue weighted by Crippen LogP contribution is 2.27. The van der Waals surface area contributed by atoms with Crippen LogP contribution >= 0.6 is 11.6 Å². The molecule has 1 N–H and O–H groups in total. The van der Waals surface area contributed by atoms with E-state index >= 15 is 0 Å². The van der Waals surface area contributed by atoms with Crippen LogP contribution in [0.4, 0.5) is 5.69 Å². The summed E-state index contributed by atoms with van der Waals surface area (Å²) in [6.07, 6.45) is 18.5. The third-order valence-corrected chi connectivity index (χ3v) is 9.35. The minimum atomic E-state index is -1.76. The molecule has 53 heavy (non-hydrogen) atoms. The van der Waals surface area contributed by atoms with Gasteiger partial charge in [0, 0.05) is 0 Å². The zero-order valence-electron chi connectivity index (χ0n) is 31.6. The van der Waals surface area contributed by atoms with Crippen molar-refractivity contribution >= 4 is 40.9 Å². The van der Waals surface area contributed by atoms with Crippen molar-refractivity contribution in [3.63, 3.8) is 0 Å². The summed E-state index contributed by atoms with van der Waals surface area (Å²) >= 11 is 6.30. The topological polar surface area (TPSA) is 117 Å². The Kier molecular flexibility index (Phi) is 20.1. The summed E-state index contributed by atoms with van der Waals surface area (Å²) in [5.41, 5.74) is 0.337. The molecule has 1 amide bonds. The normalized spacial score (nSPS) is 11.4. The molecule has 0 heterocycles. The monoisotopic (exact) mass is 749 g/mol. The largest absolute Gasteiger partial charge is 0.493 e. The number of methoxy groups -OCH3 is 2. The number of benzene rings is 3. The summed E-state index contributed by atoms with van der Waals surface area (Å²) in [7, 11) is 2.38. The molecule has 0 saturated heterocycles. The zero-order valence-corrected chi connectivity index (χ0v) is 32.3. The molecule has 0 aliphatic heterocycles. The van der Waals surface area contributed by atoms with E-state index in [1.807, 2.05) is 0 Å². The molecule has 0 saturated carbocycles. The maximum atomic E-state index is 14.1. The van der Waals surface area contributed by atoms with Gasteiger partial charge in [0.05, 0.1) is 48.2 Å². The van der Waals surface area contributed by atoms with Crippen molar-refractivity contribution in [2.45, 2.75) is 116 Å². The molecule has 10 heteroatoms. The first-order valence-electron chi connectivity index (χ1n) is 19.1. The number of hydrogen-bond donors (Lipinski definition) is 1. The molecule has 0 fully saturated rings. The average molecular weight is 750 g/mol. The van der Waals surface area contributed by atoms with E-state index in [2.05, 4.69) is 12.2 Å². The number of para-hydroxylation sites is 2. The predicted molar refractivity (Wildman–Crippen MR) is 209 cm³/mol. The molecule has 9 nitrogen and oxygen atoms in total. The number of amides is 1. The van der Waals surface area contributed by atoms with Crippen molar-refractivity contribution in [2.24, 2.45) is 0 Å². The highest BCUT2D eigenvalue weighted by Gasteiger charge is 2.33. The van der Waals surface area contributed by atoms with Crippen LogP contribution in [0.25, 0.3) is 0 Å². The number of ketones is 1. The lowest BCUT2D eigenvalue weighted by Gasteiger charge is -2.20. The van der Waals surface area contributed by atoms with Crippen LogP contribution in [0, 0.1) is 0 Å². The number of nitrogens with one attached hydrogen (secondary N) is 1. The Morgan fingerprint density at radius 1 is 0.642 bits per heavy atom. The van der Waals surface area contributed by atoms with E-state index in [0.29, 0.717) is 12.4 Å². The molecule has 0 bridgehead atoms. The fourth-order valence-electron chi connectivity index (χ4n) is 6.03. The number of rotatable bonds is 26. The Labute approximate surface area is 320 Å². The van der Waals surface area contributed by atoms with Crippen LogP contribution in [0.5, 0.6) is 11.5 Å². The lowest BCUT2D eigenvalue weighted by Crippen LogP contribution is -2.40. The molecule has 0 aliphatic rings. The van der Waals surface area contributed by atoms with Crippen molar-refractivity contribution in [2.75, 3.05) is 26.1 Å². The van der Waals surface area contributed by atoms with Crippen LogP contribution in [-0.2, 0) is 14.3 Å². The summed E-state index contributed by atoms with van der Waals surface area (Å²) < 4.78 is 21.7. The predicted octanol–water partition coefficient (Wildman–Crippen LogP) is 10.8. The Morgan fingerprint density at radius 2 is 1.13 bits per heavy atom. The van der Waals surface area contributed by atoms with E-state index < -0.39 is 29.7 Å². The second kappa shape index (κ2) is 24.8. The minimum Gasteiger partial charge on any atom is -0.493 e. The molecule has 0 radical (unpaired) electrons. The Balaban J connectivity index is 1.59. The van der Waals surface area contributed by atoms with Crippen LogP contribution in [0.2, 0.25) is 5.02 Å². The van der Waals surface area contributed by atoms with Gasteiger partial charge in [-0.05, 0) is 48.9 Å². The molecule has 0 aromatic heterocycles. The summed E-state index contributed by atoms with van der Waals surface area (Å²) in [5.74, 6) is -2.81. The number of esters is 2. The van der Waals surface area contributed by atoms with Crippen LogP contribution in [0.1, 0.15) is 141 Å². The Bertz CT molecular complexity index is 1560. The second-order valence-corrected chi connectivity index (χ2v) is 13.6. The molecule has 1 atom stereocenters. The van der Waals surface area contributed by atoms with Crippen molar-refractivity contribution < 1.29 is 38.1 Å². The first-order chi connectivity index (χ1) is 25.8. The maximum absolute atomic E-state index is 14.1. The third kappa shape index (κ3) is 15.3. The van der Waals surface area contributed by atoms with Crippen molar-refractivity contribution in [3.05, 3.63) is 88.4 Å². The van der Waals surface area contributed by atoms with Gasteiger partial charge in [0.2, 0.25) is 11.9 Å². The van der Waals surface area contributed by atoms with Gasteiger partial charge in [-0.1, -0.05) is 139 Å². The molecule has 1 unspecified atom stereocenters. The standard InChI is InChI=1S/C43H56ClNO8/c1-4-5-6-7-8-9-10-11-12-13-14-15-16-17-18-23-28-52-38-27-22-19-24-35(38)39(46)40(41(47)45-37-26-21-20-25-36(37)44)53-34-30-32(42(48)50-2)29-33(31-34)43(49)51-3/h19-22,24-27,29-31,40H,4-18,23,28H2,1-3H3,(H,45,47). The van der Waals surface area contributed by atoms with Crippen LogP contribution in [0.3, 0.4) is 0 Å². The van der Waals surface area contributed by atoms with Gasteiger partial charge < -0.3 is 24.3 Å². The first kappa shape index (κ1) is 43.0. The highest BCUT2D eigenvalue weighted by molar-refractivity contribution is 6.34. The molecule has 288 valence electrons. The highest BCUT2D eigenvalue weighted by atomic mass is 35.5. The van der Waals surface area contributed by atoms with Gasteiger partial charge in [-0.25, -0.2) is 9.59 Å². The number of anilines is 1. The van der Waals surface area contributed by atoms with Crippen LogP contribution in [-0.4, -0.2) is 50.6 Å². The van der Waals surface area contributed by atoms with Crippen molar-refractivity contribution in [3.8, 4) is 11.5 Å². The molecular formula is C43H56ClNO8. The van der Waals surface area contributed by atoms with E-state index in [1.165, 1.54) is 116 Å². The molecule has 3 aromatic carbocycles. The van der Waals surface area contributed by atoms with Gasteiger partial charge in [-0.3, -0.25) is 9.59 Å². The smallest absolute Gasteiger partial charge is 0.338 e. The number of Topliss-reactive ketones (excluding diaryl/α,β-unsaturated/α-hetero) is 1. The van der Waals surface area contributed by atoms with Crippen molar-refractivity contribution in [1.82, 2.24) is 0 Å². The zero-order chi connectivity index (χ0) is 38.3. The van der Waals surface area contributed by atoms with E-state index in [-0.39, 0.29) is 33.1 Å². The molecule has 0 aliphatic carbocycles. The van der Waals surface area contributed by atoms with Gasteiger partial charge in [-0.15, -0.1) is 0 Å². The average Bonchev–Trinajstić information content (AvgIpc) is 3.18. The number of unbranched alkanes of at least 4 members (excludes halogenated alkanes) is 15. The van der Waals surface area contributed by atoms with E-state index in [4.69, 9.17) is 30.5 Å². The van der Waals surface area contributed by atoms with E-state index in [1.54, 1.807) is 48.5 Å². The van der Waals surface area contributed by atoms with Gasteiger partial charge in [0.1, 0.15) is 11.5 Å². The summed E-state index contributed by atoms with van der Waals surface area (Å²) in [6.45, 7) is 2.67. The lowest BCUT2D eigenvalue weighted by molar-refractivity contribution is -0.120. The molecular weight excluding hydrogens is 694 g/mol. The molecule has 3 aromatic rings. The second-order valence-electron chi connectivity index (χ2n) is 13.2. The summed E-state index contributed by atoms with van der Waals surface area (Å²) in [4.78, 5) is 52.7. The van der Waals surface area contributed by atoms with Gasteiger partial charge >= 0.3 is 11.9 Å². The first-order valence-corrected chi connectivity index (χ1v) is 19.5. The van der Waals surface area contributed by atoms with Crippen LogP contribution < -0.4 is 14.8 Å². The summed E-state index contributed by atoms with van der Waals surface area (Å²) in [6, 6.07) is 17.1. The Hall–Kier alpha value is -4.37. The lowest BCUT2D eigenvalue weighted by atomic mass is 10.0. The van der Waals surface area contributed by atoms with Gasteiger partial charge in [-0.2, -0.15) is 0 Å². The number of halogens is 1. The fraction of sp³-hybridized carbons (Fsp3) is 0.488. The number of carbonyl (C=O) groups excluding carboxylic acids is 4. The minimum absolute atomic E-state index is 0.0364. The van der Waals surface area contributed by atoms with Gasteiger partial charge in [0.25, 0.3) is 5.91 Å². The third-order valence-electron chi connectivity index (χ3n) is 9.02. The van der Waals surface area contributed by atoms with Crippen molar-refractivity contribution in [1.29, 1.82) is 0 Å². The van der Waals surface area contributed by atoms with Crippen LogP contribution in [0.15, 0.2) is 66.7 Å². The fourth-order valence-corrected chi connectivity index (χ4v) is 6.21. The maximum Gasteiger partial charge on any atom is 0.338 e. The SMILES string of the molecule is CCCCCCCCCCCCCCCCCCOc1ccccc1C(=O)C(Oc1cc(C(=O)OC)cc(C(=O)OC)c1)C(=O)Nc1ccccc1Cl. The molecule has 0 spiro atoms. The number of carbonyl (C=O) groups is 4. The quantitative estimate of drug-likeness (QED) is 0.0373. The molecule has 3 rings (SSSR count). The Morgan fingerprint density at radius 3 is 1.66 bits per heavy atom. The number of ether oxygens (including phenoxy) is 4. The van der Waals surface area contributed by atoms with E-state index in [0.717, 1.165) is 19.3 Å². The van der Waals surface area contributed by atoms with E-state index in [9.17, 15) is 19.2 Å². The van der Waals surface area contributed by atoms with Gasteiger partial charge in [0.15, 0.2) is 0 Å².